The second kappa shape index (κ2) is 9.57. The molecule has 1 N–H and O–H groups in total. The molecular weight excluding hydrogens is 421 g/mol. The highest BCUT2D eigenvalue weighted by atomic mass is 35.5. The quantitative estimate of drug-likeness (QED) is 0.575. The molecule has 164 valence electrons. The lowest BCUT2D eigenvalue weighted by Crippen LogP contribution is -2.38. The first kappa shape index (κ1) is 23.8. The van der Waals surface area contributed by atoms with Gasteiger partial charge in [-0.05, 0) is 37.3 Å². The number of nitrogens with zero attached hydrogens (tertiary/aromatic N) is 1. The first-order valence-electron chi connectivity index (χ1n) is 9.29. The average molecular weight is 446 g/mol. The fraction of sp³-hybridized carbons (Fsp3) is 0.381. The molecule has 1 amide bonds. The van der Waals surface area contributed by atoms with Crippen LogP contribution in [0.5, 0.6) is 11.5 Å². The number of rotatable bonds is 8. The van der Waals surface area contributed by atoms with E-state index in [0.717, 1.165) is 12.1 Å². The molecule has 0 atom stereocenters. The van der Waals surface area contributed by atoms with Crippen LogP contribution in [0.3, 0.4) is 0 Å². The van der Waals surface area contributed by atoms with Crippen molar-refractivity contribution in [1.82, 2.24) is 0 Å². The number of likely N-dealkylation sites (N-methyl/N-ethyl adjacent to an activating group) is 1. The lowest BCUT2D eigenvalue weighted by Gasteiger charge is -2.24. The predicted molar refractivity (Wildman–Crippen MR) is 110 cm³/mol. The van der Waals surface area contributed by atoms with E-state index in [1.807, 2.05) is 21.1 Å². The summed E-state index contributed by atoms with van der Waals surface area (Å²) in [5.74, 6) is -0.0746. The summed E-state index contributed by atoms with van der Waals surface area (Å²) in [5, 5.41) is 2.04. The molecule has 0 spiro atoms. The summed E-state index contributed by atoms with van der Waals surface area (Å²) in [7, 11) is 6.02. The van der Waals surface area contributed by atoms with Gasteiger partial charge in [-0.15, -0.1) is 0 Å². The zero-order valence-corrected chi connectivity index (χ0v) is 18.0. The van der Waals surface area contributed by atoms with E-state index in [1.54, 1.807) is 25.1 Å². The minimum Gasteiger partial charge on any atom is -0.493 e. The van der Waals surface area contributed by atoms with Gasteiger partial charge < -0.3 is 19.3 Å². The summed E-state index contributed by atoms with van der Waals surface area (Å²) in [5.41, 5.74) is -0.955. The highest BCUT2D eigenvalue weighted by Gasteiger charge is 2.33. The Hall–Kier alpha value is -2.45. The normalized spacial score (nSPS) is 11.9. The molecule has 0 saturated heterocycles. The van der Waals surface area contributed by atoms with Crippen molar-refractivity contribution in [2.24, 2.45) is 0 Å². The summed E-state index contributed by atoms with van der Waals surface area (Å²) >= 11 is 5.65. The molecule has 0 aromatic heterocycles. The maximum absolute atomic E-state index is 13.1. The first-order valence-corrected chi connectivity index (χ1v) is 9.67. The van der Waals surface area contributed by atoms with Gasteiger partial charge in [0.25, 0.3) is 5.91 Å². The number of hydrogen-bond donors (Lipinski definition) is 1. The number of amides is 1. The van der Waals surface area contributed by atoms with Crippen LogP contribution in [0.2, 0.25) is 5.02 Å². The van der Waals surface area contributed by atoms with Gasteiger partial charge >= 0.3 is 6.18 Å². The van der Waals surface area contributed by atoms with Gasteiger partial charge in [-0.3, -0.25) is 4.79 Å². The molecule has 0 aliphatic carbocycles. The van der Waals surface area contributed by atoms with Crippen LogP contribution >= 0.6 is 11.6 Å². The van der Waals surface area contributed by atoms with Crippen molar-refractivity contribution in [1.29, 1.82) is 0 Å². The number of benzene rings is 2. The van der Waals surface area contributed by atoms with E-state index in [0.29, 0.717) is 24.2 Å². The SMILES string of the molecule is CCOc1cccc(OCC[N+](C)(C)C)c1C(=O)Nc1ccc(Cl)c(C(F)(F)F)c1. The van der Waals surface area contributed by atoms with Gasteiger partial charge in [-0.25, -0.2) is 0 Å². The van der Waals surface area contributed by atoms with E-state index in [1.165, 1.54) is 6.07 Å². The van der Waals surface area contributed by atoms with Crippen molar-refractivity contribution >= 4 is 23.2 Å². The molecule has 0 aliphatic heterocycles. The molecule has 0 fully saturated rings. The van der Waals surface area contributed by atoms with Gasteiger partial charge in [-0.2, -0.15) is 13.2 Å². The monoisotopic (exact) mass is 445 g/mol. The number of anilines is 1. The molecule has 30 heavy (non-hydrogen) atoms. The van der Waals surface area contributed by atoms with Crippen molar-refractivity contribution in [3.63, 3.8) is 0 Å². The number of ether oxygens (including phenoxy) is 2. The van der Waals surface area contributed by atoms with Crippen LogP contribution in [0, 0.1) is 0 Å². The topological polar surface area (TPSA) is 47.6 Å². The summed E-state index contributed by atoms with van der Waals surface area (Å²) in [6.07, 6.45) is -4.64. The third kappa shape index (κ3) is 6.53. The van der Waals surface area contributed by atoms with E-state index in [-0.39, 0.29) is 22.7 Å². The van der Waals surface area contributed by atoms with Crippen LogP contribution in [-0.4, -0.2) is 51.3 Å². The lowest BCUT2D eigenvalue weighted by molar-refractivity contribution is -0.870. The Labute approximate surface area is 178 Å². The Bertz CT molecular complexity index is 896. The fourth-order valence-corrected chi connectivity index (χ4v) is 2.80. The standard InChI is InChI=1S/C21H24ClF3N2O3/c1-5-29-17-7-6-8-18(30-12-11-27(2,3)4)19(17)20(28)26-14-9-10-16(22)15(13-14)21(23,24)25/h6-10,13H,5,11-12H2,1-4H3/p+1. The van der Waals surface area contributed by atoms with Crippen LogP contribution in [-0.2, 0) is 6.18 Å². The lowest BCUT2D eigenvalue weighted by atomic mass is 10.1. The van der Waals surface area contributed by atoms with Gasteiger partial charge in [0.15, 0.2) is 0 Å². The molecule has 0 saturated carbocycles. The number of halogens is 4. The van der Waals surface area contributed by atoms with Crippen molar-refractivity contribution in [3.05, 3.63) is 52.5 Å². The van der Waals surface area contributed by atoms with Crippen molar-refractivity contribution in [3.8, 4) is 11.5 Å². The molecule has 0 heterocycles. The van der Waals surface area contributed by atoms with E-state index < -0.39 is 22.7 Å². The zero-order valence-electron chi connectivity index (χ0n) is 17.3. The first-order chi connectivity index (χ1) is 13.9. The van der Waals surface area contributed by atoms with Crippen LogP contribution < -0.4 is 14.8 Å². The maximum Gasteiger partial charge on any atom is 0.417 e. The zero-order chi connectivity index (χ0) is 22.5. The highest BCUT2D eigenvalue weighted by Crippen LogP contribution is 2.37. The van der Waals surface area contributed by atoms with Crippen LogP contribution in [0.1, 0.15) is 22.8 Å². The molecule has 9 heteroatoms. The minimum atomic E-state index is -4.64. The molecule has 0 aliphatic rings. The van der Waals surface area contributed by atoms with Crippen molar-refractivity contribution < 1.29 is 31.9 Å². The third-order valence-corrected chi connectivity index (χ3v) is 4.39. The van der Waals surface area contributed by atoms with Gasteiger partial charge in [0.05, 0.1) is 38.3 Å². The number of nitrogens with one attached hydrogen (secondary N) is 1. The molecule has 0 radical (unpaired) electrons. The average Bonchev–Trinajstić information content (AvgIpc) is 2.61. The Kier molecular flexibility index (Phi) is 7.60. The van der Waals surface area contributed by atoms with Crippen molar-refractivity contribution in [2.45, 2.75) is 13.1 Å². The number of carbonyl (C=O) groups is 1. The summed E-state index contributed by atoms with van der Waals surface area (Å²) in [6, 6.07) is 8.10. The van der Waals surface area contributed by atoms with Gasteiger partial charge in [0, 0.05) is 5.69 Å². The highest BCUT2D eigenvalue weighted by molar-refractivity contribution is 6.31. The van der Waals surface area contributed by atoms with Gasteiger partial charge in [0.2, 0.25) is 0 Å². The van der Waals surface area contributed by atoms with E-state index in [9.17, 15) is 18.0 Å². The van der Waals surface area contributed by atoms with E-state index >= 15 is 0 Å². The van der Waals surface area contributed by atoms with Crippen molar-refractivity contribution in [2.75, 3.05) is 46.2 Å². The largest absolute Gasteiger partial charge is 0.493 e. The Morgan fingerprint density at radius 2 is 1.73 bits per heavy atom. The molecule has 2 aromatic carbocycles. The Morgan fingerprint density at radius 3 is 2.30 bits per heavy atom. The fourth-order valence-electron chi connectivity index (χ4n) is 2.57. The molecular formula is C21H25ClF3N2O3+. The van der Waals surface area contributed by atoms with Crippen LogP contribution in [0.15, 0.2) is 36.4 Å². The van der Waals surface area contributed by atoms with Gasteiger partial charge in [-0.1, -0.05) is 17.7 Å². The minimum absolute atomic E-state index is 0.0414. The van der Waals surface area contributed by atoms with E-state index in [2.05, 4.69) is 5.32 Å². The summed E-state index contributed by atoms with van der Waals surface area (Å²) < 4.78 is 51.3. The van der Waals surface area contributed by atoms with Crippen LogP contribution in [0.25, 0.3) is 0 Å². The molecule has 2 aromatic rings. The van der Waals surface area contributed by atoms with Crippen LogP contribution in [0.4, 0.5) is 18.9 Å². The number of alkyl halides is 3. The molecule has 5 nitrogen and oxygen atoms in total. The summed E-state index contributed by atoms with van der Waals surface area (Å²) in [4.78, 5) is 12.9. The number of hydrogen-bond acceptors (Lipinski definition) is 3. The molecule has 0 unspecified atom stereocenters. The second-order valence-corrected chi connectivity index (χ2v) is 7.98. The van der Waals surface area contributed by atoms with Gasteiger partial charge in [0.1, 0.15) is 30.2 Å². The number of carbonyl (C=O) groups excluding carboxylic acids is 1. The maximum atomic E-state index is 13.1. The third-order valence-electron chi connectivity index (χ3n) is 4.06. The molecule has 2 rings (SSSR count). The molecule has 0 bridgehead atoms. The number of quaternary nitrogens is 1. The van der Waals surface area contributed by atoms with E-state index in [4.69, 9.17) is 21.1 Å². The predicted octanol–water partition coefficient (Wildman–Crippen LogP) is 5.09. The second-order valence-electron chi connectivity index (χ2n) is 7.57. The Morgan fingerprint density at radius 1 is 1.10 bits per heavy atom. The smallest absolute Gasteiger partial charge is 0.417 e. The summed E-state index contributed by atoms with van der Waals surface area (Å²) in [6.45, 7) is 3.10. The Balaban J connectivity index is 2.33.